The van der Waals surface area contributed by atoms with Gasteiger partial charge in [0.25, 0.3) is 0 Å². The molecule has 3 rings (SSSR count). The maximum absolute atomic E-state index is 4.67. The molecule has 96 valence electrons. The van der Waals surface area contributed by atoms with Crippen LogP contribution in [0.5, 0.6) is 0 Å². The first-order valence-electron chi connectivity index (χ1n) is 6.51. The molecule has 18 heavy (non-hydrogen) atoms. The van der Waals surface area contributed by atoms with Gasteiger partial charge in [0.1, 0.15) is 0 Å². The van der Waals surface area contributed by atoms with Crippen molar-refractivity contribution in [3.05, 3.63) is 16.6 Å². The van der Waals surface area contributed by atoms with E-state index in [2.05, 4.69) is 27.6 Å². The van der Waals surface area contributed by atoms with Crippen molar-refractivity contribution in [2.45, 2.75) is 38.5 Å². The minimum Gasteiger partial charge on any atom is -0.362 e. The van der Waals surface area contributed by atoms with E-state index in [1.807, 2.05) is 5.51 Å². The van der Waals surface area contributed by atoms with E-state index in [0.717, 1.165) is 17.4 Å². The second-order valence-corrected chi connectivity index (χ2v) is 6.37. The molecule has 1 aliphatic carbocycles. The summed E-state index contributed by atoms with van der Waals surface area (Å²) in [5.41, 5.74) is 4.32. The Morgan fingerprint density at radius 3 is 3.06 bits per heavy atom. The van der Waals surface area contributed by atoms with Crippen LogP contribution in [0.2, 0.25) is 0 Å². The molecule has 0 saturated heterocycles. The highest BCUT2D eigenvalue weighted by molar-refractivity contribution is 7.15. The van der Waals surface area contributed by atoms with Crippen molar-refractivity contribution < 1.29 is 0 Å². The van der Waals surface area contributed by atoms with Crippen LogP contribution in [0.3, 0.4) is 0 Å². The summed E-state index contributed by atoms with van der Waals surface area (Å²) in [6.45, 7) is 3.22. The molecule has 2 heterocycles. The second-order valence-electron chi connectivity index (χ2n) is 4.66. The van der Waals surface area contributed by atoms with E-state index in [1.54, 1.807) is 22.7 Å². The Labute approximate surface area is 115 Å². The molecule has 1 N–H and O–H groups in total. The highest BCUT2D eigenvalue weighted by Gasteiger charge is 2.29. The predicted molar refractivity (Wildman–Crippen MR) is 78.6 cm³/mol. The molecule has 5 heteroatoms. The van der Waals surface area contributed by atoms with Crippen molar-refractivity contribution in [2.24, 2.45) is 0 Å². The quantitative estimate of drug-likeness (QED) is 0.799. The average Bonchev–Trinajstić information content (AvgIpc) is 2.92. The third-order valence-electron chi connectivity index (χ3n) is 3.10. The summed E-state index contributed by atoms with van der Waals surface area (Å²) < 4.78 is 0. The molecule has 0 bridgehead atoms. The van der Waals surface area contributed by atoms with Crippen molar-refractivity contribution >= 4 is 27.8 Å². The third kappa shape index (κ3) is 2.57. The number of thiazole rings is 2. The van der Waals surface area contributed by atoms with Crippen molar-refractivity contribution in [3.63, 3.8) is 0 Å². The van der Waals surface area contributed by atoms with Gasteiger partial charge in [0.2, 0.25) is 0 Å². The molecule has 0 spiro atoms. The fourth-order valence-electron chi connectivity index (χ4n) is 1.93. The Bertz CT molecular complexity index is 514. The molecule has 1 saturated carbocycles. The lowest BCUT2D eigenvalue weighted by atomic mass is 10.2. The van der Waals surface area contributed by atoms with Crippen LogP contribution in [0.4, 0.5) is 5.13 Å². The molecule has 0 amide bonds. The highest BCUT2D eigenvalue weighted by Crippen LogP contribution is 2.45. The molecule has 2 aromatic heterocycles. The fourth-order valence-corrected chi connectivity index (χ4v) is 3.57. The summed E-state index contributed by atoms with van der Waals surface area (Å²) in [5.74, 6) is 0.699. The van der Waals surface area contributed by atoms with Gasteiger partial charge in [-0.3, -0.25) is 0 Å². The molecule has 2 aromatic rings. The maximum atomic E-state index is 4.67. The Kier molecular flexibility index (Phi) is 3.61. The van der Waals surface area contributed by atoms with Gasteiger partial charge in [0.15, 0.2) is 5.13 Å². The number of unbranched alkanes of at least 4 members (excludes halogenated alkanes) is 1. The van der Waals surface area contributed by atoms with Gasteiger partial charge in [-0.05, 0) is 19.3 Å². The van der Waals surface area contributed by atoms with Gasteiger partial charge < -0.3 is 5.32 Å². The lowest BCUT2D eigenvalue weighted by Crippen LogP contribution is -1.99. The number of nitrogens with one attached hydrogen (secondary N) is 1. The van der Waals surface area contributed by atoms with E-state index in [-0.39, 0.29) is 0 Å². The number of nitrogens with zero attached hydrogens (tertiary/aromatic N) is 2. The number of hydrogen-bond acceptors (Lipinski definition) is 5. The fraction of sp³-hybridized carbons (Fsp3) is 0.538. The summed E-state index contributed by atoms with van der Waals surface area (Å²) in [7, 11) is 0. The molecular formula is C13H17N3S2. The van der Waals surface area contributed by atoms with Crippen molar-refractivity contribution in [1.29, 1.82) is 0 Å². The number of aromatic nitrogens is 2. The van der Waals surface area contributed by atoms with Crippen LogP contribution in [0.25, 0.3) is 10.6 Å². The summed E-state index contributed by atoms with van der Waals surface area (Å²) in [5, 5.41) is 6.57. The van der Waals surface area contributed by atoms with Crippen LogP contribution >= 0.6 is 22.7 Å². The lowest BCUT2D eigenvalue weighted by molar-refractivity contribution is 0.833. The first-order valence-corrected chi connectivity index (χ1v) is 8.27. The highest BCUT2D eigenvalue weighted by atomic mass is 32.1. The monoisotopic (exact) mass is 279 g/mol. The number of anilines is 1. The molecule has 3 nitrogen and oxygen atoms in total. The summed E-state index contributed by atoms with van der Waals surface area (Å²) in [6, 6.07) is 0. The molecular weight excluding hydrogens is 262 g/mol. The van der Waals surface area contributed by atoms with E-state index < -0.39 is 0 Å². The van der Waals surface area contributed by atoms with Gasteiger partial charge in [0, 0.05) is 17.8 Å². The Morgan fingerprint density at radius 1 is 1.39 bits per heavy atom. The number of hydrogen-bond donors (Lipinski definition) is 1. The van der Waals surface area contributed by atoms with Gasteiger partial charge in [-0.1, -0.05) is 13.3 Å². The van der Waals surface area contributed by atoms with Gasteiger partial charge in [-0.15, -0.1) is 22.7 Å². The van der Waals surface area contributed by atoms with Crippen LogP contribution < -0.4 is 5.32 Å². The molecule has 1 fully saturated rings. The normalized spacial score (nSPS) is 14.9. The standard InChI is InChI=1S/C13H17N3S2/c1-2-3-6-14-13-16-10(7-17-13)12-11(9-4-5-9)15-8-18-12/h7-9H,2-6H2,1H3,(H,14,16). The minimum absolute atomic E-state index is 0.699. The molecule has 0 aliphatic heterocycles. The van der Waals surface area contributed by atoms with E-state index in [0.29, 0.717) is 5.92 Å². The van der Waals surface area contributed by atoms with Crippen LogP contribution in [0.1, 0.15) is 44.2 Å². The first kappa shape index (κ1) is 12.1. The van der Waals surface area contributed by atoms with E-state index >= 15 is 0 Å². The largest absolute Gasteiger partial charge is 0.362 e. The zero-order chi connectivity index (χ0) is 12.4. The van der Waals surface area contributed by atoms with Gasteiger partial charge in [0.05, 0.1) is 21.8 Å². The van der Waals surface area contributed by atoms with Crippen LogP contribution in [0, 0.1) is 0 Å². The minimum atomic E-state index is 0.699. The van der Waals surface area contributed by atoms with E-state index in [4.69, 9.17) is 0 Å². The van der Waals surface area contributed by atoms with Crippen molar-refractivity contribution in [2.75, 3.05) is 11.9 Å². The van der Waals surface area contributed by atoms with E-state index in [9.17, 15) is 0 Å². The zero-order valence-electron chi connectivity index (χ0n) is 10.5. The Morgan fingerprint density at radius 2 is 2.28 bits per heavy atom. The van der Waals surface area contributed by atoms with Crippen molar-refractivity contribution in [3.8, 4) is 10.6 Å². The van der Waals surface area contributed by atoms with Crippen LogP contribution in [-0.2, 0) is 0 Å². The zero-order valence-corrected chi connectivity index (χ0v) is 12.1. The van der Waals surface area contributed by atoms with Gasteiger partial charge in [-0.2, -0.15) is 0 Å². The third-order valence-corrected chi connectivity index (χ3v) is 4.77. The van der Waals surface area contributed by atoms with E-state index in [1.165, 1.54) is 36.3 Å². The second kappa shape index (κ2) is 5.36. The lowest BCUT2D eigenvalue weighted by Gasteiger charge is -1.99. The summed E-state index contributed by atoms with van der Waals surface area (Å²) in [6.07, 6.45) is 5.00. The molecule has 1 aliphatic rings. The van der Waals surface area contributed by atoms with Crippen molar-refractivity contribution in [1.82, 2.24) is 9.97 Å². The smallest absolute Gasteiger partial charge is 0.183 e. The molecule has 0 aromatic carbocycles. The SMILES string of the molecule is CCCCNc1nc(-c2scnc2C2CC2)cs1. The van der Waals surface area contributed by atoms with Gasteiger partial charge >= 0.3 is 0 Å². The molecule has 0 radical (unpaired) electrons. The number of rotatable bonds is 6. The first-order chi connectivity index (χ1) is 8.88. The maximum Gasteiger partial charge on any atom is 0.183 e. The van der Waals surface area contributed by atoms with Crippen LogP contribution in [0.15, 0.2) is 10.9 Å². The average molecular weight is 279 g/mol. The summed E-state index contributed by atoms with van der Waals surface area (Å²) in [4.78, 5) is 10.5. The molecule has 0 atom stereocenters. The Hall–Kier alpha value is -0.940. The van der Waals surface area contributed by atoms with Gasteiger partial charge in [-0.25, -0.2) is 9.97 Å². The Balaban J connectivity index is 1.73. The summed E-state index contributed by atoms with van der Waals surface area (Å²) >= 11 is 3.41. The van der Waals surface area contributed by atoms with Crippen LogP contribution in [-0.4, -0.2) is 16.5 Å². The topological polar surface area (TPSA) is 37.8 Å². The molecule has 0 unspecified atom stereocenters. The predicted octanol–water partition coefficient (Wildman–Crippen LogP) is 4.36.